The van der Waals surface area contributed by atoms with Crippen LogP contribution >= 0.6 is 31.9 Å². The Morgan fingerprint density at radius 2 is 2.10 bits per heavy atom. The Labute approximate surface area is 134 Å². The standard InChI is InChI=1S/C15H13Br2NO2/c1-8-2-3-13-10(4-8)12(19)6-14(20-13)15-11(17)5-9(16)7-18-15/h2-5,7,12,14,19H,6H2,1H3/t12-,14?/m1/s1. The van der Waals surface area contributed by atoms with Crippen molar-refractivity contribution in [2.45, 2.75) is 25.6 Å². The smallest absolute Gasteiger partial charge is 0.144 e. The molecule has 3 nitrogen and oxygen atoms in total. The van der Waals surface area contributed by atoms with Crippen LogP contribution in [0.15, 0.2) is 39.4 Å². The molecule has 0 amide bonds. The summed E-state index contributed by atoms with van der Waals surface area (Å²) >= 11 is 6.88. The van der Waals surface area contributed by atoms with Crippen molar-refractivity contribution in [3.63, 3.8) is 0 Å². The molecule has 1 unspecified atom stereocenters. The molecule has 0 saturated heterocycles. The van der Waals surface area contributed by atoms with Crippen LogP contribution in [0.3, 0.4) is 0 Å². The van der Waals surface area contributed by atoms with Crippen molar-refractivity contribution in [2.24, 2.45) is 0 Å². The second-order valence-electron chi connectivity index (χ2n) is 4.92. The highest BCUT2D eigenvalue weighted by atomic mass is 79.9. The predicted octanol–water partition coefficient (Wildman–Crippen LogP) is 4.47. The fraction of sp³-hybridized carbons (Fsp3) is 0.267. The number of halogens is 2. The van der Waals surface area contributed by atoms with Gasteiger partial charge in [0.2, 0.25) is 0 Å². The number of ether oxygens (including phenoxy) is 1. The lowest BCUT2D eigenvalue weighted by Gasteiger charge is -2.30. The molecule has 0 aliphatic carbocycles. The minimum Gasteiger partial charge on any atom is -0.484 e. The van der Waals surface area contributed by atoms with Gasteiger partial charge in [0, 0.05) is 27.1 Å². The van der Waals surface area contributed by atoms with Crippen molar-refractivity contribution in [3.05, 3.63) is 56.2 Å². The molecule has 1 aromatic carbocycles. The van der Waals surface area contributed by atoms with Gasteiger partial charge in [0.25, 0.3) is 0 Å². The third kappa shape index (κ3) is 2.62. The molecule has 0 saturated carbocycles. The Morgan fingerprint density at radius 3 is 2.85 bits per heavy atom. The first-order chi connectivity index (χ1) is 9.54. The number of aliphatic hydroxyl groups excluding tert-OH is 1. The molecule has 2 heterocycles. The zero-order chi connectivity index (χ0) is 14.3. The SMILES string of the molecule is Cc1ccc2c(c1)[C@H](O)CC(c1ncc(Br)cc1Br)O2. The van der Waals surface area contributed by atoms with Crippen molar-refractivity contribution in [2.75, 3.05) is 0 Å². The minimum absolute atomic E-state index is 0.248. The van der Waals surface area contributed by atoms with Crippen LogP contribution < -0.4 is 4.74 Å². The van der Waals surface area contributed by atoms with Gasteiger partial charge >= 0.3 is 0 Å². The molecule has 0 bridgehead atoms. The van der Waals surface area contributed by atoms with Crippen LogP contribution in [0.5, 0.6) is 5.75 Å². The van der Waals surface area contributed by atoms with Crippen LogP contribution in [0.4, 0.5) is 0 Å². The monoisotopic (exact) mass is 397 g/mol. The number of pyridine rings is 1. The average molecular weight is 399 g/mol. The number of aromatic nitrogens is 1. The van der Waals surface area contributed by atoms with Crippen molar-refractivity contribution < 1.29 is 9.84 Å². The summed E-state index contributed by atoms with van der Waals surface area (Å²) in [7, 11) is 0. The number of hydrogen-bond acceptors (Lipinski definition) is 3. The zero-order valence-electron chi connectivity index (χ0n) is 10.8. The van der Waals surface area contributed by atoms with Crippen molar-refractivity contribution in [3.8, 4) is 5.75 Å². The van der Waals surface area contributed by atoms with Gasteiger partial charge in [-0.25, -0.2) is 0 Å². The van der Waals surface area contributed by atoms with Crippen molar-refractivity contribution >= 4 is 31.9 Å². The molecule has 3 rings (SSSR count). The highest BCUT2D eigenvalue weighted by Gasteiger charge is 2.30. The molecule has 1 aliphatic heterocycles. The lowest BCUT2D eigenvalue weighted by molar-refractivity contribution is 0.0632. The van der Waals surface area contributed by atoms with Crippen LogP contribution in [0.1, 0.15) is 35.4 Å². The third-order valence-corrected chi connectivity index (χ3v) is 4.44. The lowest BCUT2D eigenvalue weighted by atomic mass is 9.96. The number of nitrogens with zero attached hydrogens (tertiary/aromatic N) is 1. The third-order valence-electron chi connectivity index (χ3n) is 3.37. The number of fused-ring (bicyclic) bond motifs is 1. The van der Waals surface area contributed by atoms with Gasteiger partial charge in [-0.05, 0) is 57.0 Å². The van der Waals surface area contributed by atoms with Crippen LogP contribution in [-0.4, -0.2) is 10.1 Å². The Morgan fingerprint density at radius 1 is 1.30 bits per heavy atom. The summed E-state index contributed by atoms with van der Waals surface area (Å²) in [5, 5.41) is 10.3. The zero-order valence-corrected chi connectivity index (χ0v) is 14.0. The maximum Gasteiger partial charge on any atom is 0.144 e. The van der Waals surface area contributed by atoms with Gasteiger partial charge < -0.3 is 9.84 Å². The summed E-state index contributed by atoms with van der Waals surface area (Å²) in [5.41, 5.74) is 2.78. The summed E-state index contributed by atoms with van der Waals surface area (Å²) < 4.78 is 7.77. The number of aliphatic hydroxyl groups is 1. The first-order valence-electron chi connectivity index (χ1n) is 6.31. The molecule has 1 N–H and O–H groups in total. The van der Waals surface area contributed by atoms with Gasteiger partial charge in [0.15, 0.2) is 0 Å². The largest absolute Gasteiger partial charge is 0.484 e. The first kappa shape index (κ1) is 14.0. The highest BCUT2D eigenvalue weighted by Crippen LogP contribution is 2.42. The van der Waals surface area contributed by atoms with Gasteiger partial charge in [0.1, 0.15) is 11.9 Å². The van der Waals surface area contributed by atoms with Crippen molar-refractivity contribution in [1.29, 1.82) is 0 Å². The first-order valence-corrected chi connectivity index (χ1v) is 7.89. The van der Waals surface area contributed by atoms with E-state index in [-0.39, 0.29) is 6.10 Å². The molecule has 0 radical (unpaired) electrons. The normalized spacial score (nSPS) is 21.2. The number of hydrogen-bond donors (Lipinski definition) is 1. The summed E-state index contributed by atoms with van der Waals surface area (Å²) in [4.78, 5) is 4.40. The molecule has 5 heteroatoms. The van der Waals surface area contributed by atoms with Crippen LogP contribution in [-0.2, 0) is 0 Å². The lowest BCUT2D eigenvalue weighted by Crippen LogP contribution is -2.20. The molecule has 20 heavy (non-hydrogen) atoms. The molecule has 0 spiro atoms. The number of benzene rings is 1. The van der Waals surface area contributed by atoms with E-state index in [0.29, 0.717) is 6.42 Å². The van der Waals surface area contributed by atoms with E-state index >= 15 is 0 Å². The van der Waals surface area contributed by atoms with E-state index in [9.17, 15) is 5.11 Å². The highest BCUT2D eigenvalue weighted by molar-refractivity contribution is 9.11. The number of rotatable bonds is 1. The van der Waals surface area contributed by atoms with Crippen LogP contribution in [0.25, 0.3) is 0 Å². The molecule has 1 aliphatic rings. The summed E-state index contributed by atoms with van der Waals surface area (Å²) in [5.74, 6) is 0.732. The molecule has 2 atom stereocenters. The van der Waals surface area contributed by atoms with Gasteiger partial charge in [-0.15, -0.1) is 0 Å². The molecule has 0 fully saturated rings. The summed E-state index contributed by atoms with van der Waals surface area (Å²) in [6.45, 7) is 2.01. The number of aryl methyl sites for hydroxylation is 1. The average Bonchev–Trinajstić information content (AvgIpc) is 2.39. The maximum absolute atomic E-state index is 10.3. The Balaban J connectivity index is 1.97. The van der Waals surface area contributed by atoms with Gasteiger partial charge in [-0.3, -0.25) is 4.98 Å². The van der Waals surface area contributed by atoms with E-state index in [1.807, 2.05) is 31.2 Å². The van der Waals surface area contributed by atoms with Gasteiger partial charge in [-0.1, -0.05) is 11.6 Å². The summed E-state index contributed by atoms with van der Waals surface area (Å²) in [6, 6.07) is 7.80. The van der Waals surface area contributed by atoms with E-state index in [1.165, 1.54) is 0 Å². The topological polar surface area (TPSA) is 42.4 Å². The quantitative estimate of drug-likeness (QED) is 0.770. The van der Waals surface area contributed by atoms with E-state index < -0.39 is 6.10 Å². The Hall–Kier alpha value is -0.910. The summed E-state index contributed by atoms with van der Waals surface area (Å²) in [6.07, 6.45) is 1.47. The fourth-order valence-corrected chi connectivity index (χ4v) is 3.64. The van der Waals surface area contributed by atoms with Crippen LogP contribution in [0.2, 0.25) is 0 Å². The molecule has 1 aromatic heterocycles. The van der Waals surface area contributed by atoms with Gasteiger partial charge in [-0.2, -0.15) is 0 Å². The second kappa shape index (κ2) is 5.47. The Kier molecular flexibility index (Phi) is 3.84. The van der Waals surface area contributed by atoms with Crippen LogP contribution in [0, 0.1) is 6.92 Å². The van der Waals surface area contributed by atoms with E-state index in [4.69, 9.17) is 4.74 Å². The maximum atomic E-state index is 10.3. The van der Waals surface area contributed by atoms with E-state index in [2.05, 4.69) is 36.8 Å². The predicted molar refractivity (Wildman–Crippen MR) is 83.8 cm³/mol. The molecule has 2 aromatic rings. The molecule has 104 valence electrons. The fourth-order valence-electron chi connectivity index (χ4n) is 2.40. The minimum atomic E-state index is -0.527. The second-order valence-corrected chi connectivity index (χ2v) is 6.69. The van der Waals surface area contributed by atoms with Crippen molar-refractivity contribution in [1.82, 2.24) is 4.98 Å². The van der Waals surface area contributed by atoms with E-state index in [0.717, 1.165) is 31.5 Å². The van der Waals surface area contributed by atoms with E-state index in [1.54, 1.807) is 6.20 Å². The molecular formula is C15H13Br2NO2. The Bertz CT molecular complexity index is 660. The van der Waals surface area contributed by atoms with Gasteiger partial charge in [0.05, 0.1) is 11.8 Å². The molecular weight excluding hydrogens is 386 g/mol.